The van der Waals surface area contributed by atoms with Crippen LogP contribution in [0.5, 0.6) is 0 Å². The van der Waals surface area contributed by atoms with Crippen LogP contribution in [0.1, 0.15) is 27.7 Å². The number of pyridine rings is 1. The molecule has 23 heavy (non-hydrogen) atoms. The summed E-state index contributed by atoms with van der Waals surface area (Å²) in [6.45, 7) is 3.81. The zero-order valence-electron chi connectivity index (χ0n) is 13.5. The van der Waals surface area contributed by atoms with Crippen LogP contribution >= 0.6 is 0 Å². The van der Waals surface area contributed by atoms with Crippen LogP contribution in [-0.4, -0.2) is 47.4 Å². The van der Waals surface area contributed by atoms with Crippen LogP contribution in [0.25, 0.3) is 0 Å². The van der Waals surface area contributed by atoms with Gasteiger partial charge in [0.1, 0.15) is 5.56 Å². The molecular formula is C18H21N3O2. The molecule has 5 nitrogen and oxygen atoms in total. The van der Waals surface area contributed by atoms with Crippen LogP contribution in [0, 0.1) is 6.92 Å². The Morgan fingerprint density at radius 3 is 2.57 bits per heavy atom. The van der Waals surface area contributed by atoms with E-state index in [-0.39, 0.29) is 23.1 Å². The maximum absolute atomic E-state index is 12.7. The summed E-state index contributed by atoms with van der Waals surface area (Å²) < 4.78 is 0. The molecule has 3 rings (SSSR count). The highest BCUT2D eigenvalue weighted by atomic mass is 16.2. The third-order valence-electron chi connectivity index (χ3n) is 4.41. The van der Waals surface area contributed by atoms with Gasteiger partial charge in [-0.25, -0.2) is 0 Å². The number of aryl methyl sites for hydroxylation is 1. The van der Waals surface area contributed by atoms with Gasteiger partial charge in [0, 0.05) is 25.3 Å². The van der Waals surface area contributed by atoms with Crippen LogP contribution in [0.15, 0.2) is 47.3 Å². The van der Waals surface area contributed by atoms with E-state index in [1.807, 2.05) is 18.2 Å². The summed E-state index contributed by atoms with van der Waals surface area (Å²) in [6, 6.07) is 13.7. The zero-order valence-corrected chi connectivity index (χ0v) is 13.5. The SMILES string of the molecule is Cc1ccc(C(=O)N2CCN(C)[C@H](c3ccccc3)C2)c(=O)[nH]1. The molecule has 0 bridgehead atoms. The second-order valence-electron chi connectivity index (χ2n) is 6.04. The van der Waals surface area contributed by atoms with Crippen LogP contribution in [0.3, 0.4) is 0 Å². The van der Waals surface area contributed by atoms with E-state index in [0.717, 1.165) is 12.2 Å². The van der Waals surface area contributed by atoms with Crippen molar-refractivity contribution in [3.63, 3.8) is 0 Å². The molecule has 1 N–H and O–H groups in total. The van der Waals surface area contributed by atoms with Crippen molar-refractivity contribution in [1.82, 2.24) is 14.8 Å². The fourth-order valence-corrected chi connectivity index (χ4v) is 3.00. The lowest BCUT2D eigenvalue weighted by atomic mass is 10.0. The summed E-state index contributed by atoms with van der Waals surface area (Å²) in [4.78, 5) is 31.5. The van der Waals surface area contributed by atoms with E-state index in [9.17, 15) is 9.59 Å². The molecule has 5 heteroatoms. The Morgan fingerprint density at radius 2 is 1.87 bits per heavy atom. The number of hydrogen-bond acceptors (Lipinski definition) is 3. The molecule has 1 saturated heterocycles. The smallest absolute Gasteiger partial charge is 0.260 e. The largest absolute Gasteiger partial charge is 0.335 e. The molecular weight excluding hydrogens is 290 g/mol. The van der Waals surface area contributed by atoms with Crippen LogP contribution < -0.4 is 5.56 Å². The lowest BCUT2D eigenvalue weighted by Crippen LogP contribution is -2.49. The van der Waals surface area contributed by atoms with E-state index in [1.165, 1.54) is 5.56 Å². The van der Waals surface area contributed by atoms with E-state index in [4.69, 9.17) is 0 Å². The molecule has 0 saturated carbocycles. The van der Waals surface area contributed by atoms with Gasteiger partial charge >= 0.3 is 0 Å². The number of benzene rings is 1. The number of piperazine rings is 1. The van der Waals surface area contributed by atoms with Gasteiger partial charge in [-0.05, 0) is 31.7 Å². The monoisotopic (exact) mass is 311 g/mol. The average Bonchev–Trinajstić information content (AvgIpc) is 2.55. The quantitative estimate of drug-likeness (QED) is 0.920. The molecule has 1 aromatic heterocycles. The summed E-state index contributed by atoms with van der Waals surface area (Å²) >= 11 is 0. The third-order valence-corrected chi connectivity index (χ3v) is 4.41. The minimum Gasteiger partial charge on any atom is -0.335 e. The van der Waals surface area contributed by atoms with Crippen molar-refractivity contribution < 1.29 is 4.79 Å². The van der Waals surface area contributed by atoms with E-state index >= 15 is 0 Å². The zero-order chi connectivity index (χ0) is 16.4. The maximum atomic E-state index is 12.7. The molecule has 2 aromatic rings. The Labute approximate surface area is 135 Å². The van der Waals surface area contributed by atoms with Crippen molar-refractivity contribution in [3.05, 3.63) is 69.6 Å². The van der Waals surface area contributed by atoms with Gasteiger partial charge in [0.2, 0.25) is 0 Å². The highest BCUT2D eigenvalue weighted by Crippen LogP contribution is 2.24. The Hall–Kier alpha value is -2.40. The first-order valence-electron chi connectivity index (χ1n) is 7.80. The summed E-state index contributed by atoms with van der Waals surface area (Å²) in [6.07, 6.45) is 0. The van der Waals surface area contributed by atoms with E-state index in [0.29, 0.717) is 13.1 Å². The number of H-pyrrole nitrogens is 1. The van der Waals surface area contributed by atoms with Crippen LogP contribution in [0.4, 0.5) is 0 Å². The van der Waals surface area contributed by atoms with Gasteiger partial charge in [-0.3, -0.25) is 14.5 Å². The number of hydrogen-bond donors (Lipinski definition) is 1. The summed E-state index contributed by atoms with van der Waals surface area (Å²) in [7, 11) is 2.07. The number of carbonyl (C=O) groups is 1. The first kappa shape index (κ1) is 15.5. The number of nitrogens with one attached hydrogen (secondary N) is 1. The topological polar surface area (TPSA) is 56.4 Å². The van der Waals surface area contributed by atoms with Crippen molar-refractivity contribution in [3.8, 4) is 0 Å². The molecule has 0 spiro atoms. The molecule has 0 unspecified atom stereocenters. The fourth-order valence-electron chi connectivity index (χ4n) is 3.00. The van der Waals surface area contributed by atoms with Crippen molar-refractivity contribution in [2.75, 3.05) is 26.7 Å². The fraction of sp³-hybridized carbons (Fsp3) is 0.333. The molecule has 0 radical (unpaired) electrons. The maximum Gasteiger partial charge on any atom is 0.260 e. The highest BCUT2D eigenvalue weighted by molar-refractivity contribution is 5.94. The van der Waals surface area contributed by atoms with Crippen LogP contribution in [0.2, 0.25) is 0 Å². The third kappa shape index (κ3) is 3.19. The predicted molar refractivity (Wildman–Crippen MR) is 89.5 cm³/mol. The molecule has 120 valence electrons. The molecule has 1 aromatic carbocycles. The number of amides is 1. The molecule has 2 heterocycles. The number of aromatic amines is 1. The molecule has 1 aliphatic heterocycles. The van der Waals surface area contributed by atoms with Crippen LogP contribution in [-0.2, 0) is 0 Å². The van der Waals surface area contributed by atoms with Crippen molar-refractivity contribution in [2.24, 2.45) is 0 Å². The predicted octanol–water partition coefficient (Wildman–Crippen LogP) is 1.81. The standard InChI is InChI=1S/C18H21N3O2/c1-13-8-9-15(17(22)19-13)18(23)21-11-10-20(2)16(12-21)14-6-4-3-5-7-14/h3-9,16H,10-12H2,1-2H3,(H,19,22)/t16-/m0/s1. The number of carbonyl (C=O) groups excluding carboxylic acids is 1. The first-order chi connectivity index (χ1) is 11.1. The summed E-state index contributed by atoms with van der Waals surface area (Å²) in [5.74, 6) is -0.194. The number of likely N-dealkylation sites (N-methyl/N-ethyl adjacent to an activating group) is 1. The van der Waals surface area contributed by atoms with E-state index < -0.39 is 0 Å². The van der Waals surface area contributed by atoms with Gasteiger partial charge in [0.15, 0.2) is 0 Å². The van der Waals surface area contributed by atoms with Crippen molar-refractivity contribution >= 4 is 5.91 Å². The Kier molecular flexibility index (Phi) is 4.30. The Bertz CT molecular complexity index is 754. The van der Waals surface area contributed by atoms with E-state index in [2.05, 4.69) is 29.1 Å². The summed E-state index contributed by atoms with van der Waals surface area (Å²) in [5, 5.41) is 0. The summed E-state index contributed by atoms with van der Waals surface area (Å²) in [5.41, 5.74) is 1.84. The molecule has 0 aliphatic carbocycles. The second-order valence-corrected chi connectivity index (χ2v) is 6.04. The number of aromatic nitrogens is 1. The highest BCUT2D eigenvalue weighted by Gasteiger charge is 2.29. The van der Waals surface area contributed by atoms with E-state index in [1.54, 1.807) is 24.0 Å². The van der Waals surface area contributed by atoms with Crippen molar-refractivity contribution in [2.45, 2.75) is 13.0 Å². The molecule has 1 amide bonds. The van der Waals surface area contributed by atoms with Gasteiger partial charge in [0.25, 0.3) is 11.5 Å². The number of rotatable bonds is 2. The molecule has 1 fully saturated rings. The van der Waals surface area contributed by atoms with Gasteiger partial charge in [-0.1, -0.05) is 30.3 Å². The first-order valence-corrected chi connectivity index (χ1v) is 7.80. The Balaban J connectivity index is 1.83. The normalized spacial score (nSPS) is 18.9. The minimum absolute atomic E-state index is 0.151. The van der Waals surface area contributed by atoms with Crippen molar-refractivity contribution in [1.29, 1.82) is 0 Å². The minimum atomic E-state index is -0.315. The molecule has 1 atom stereocenters. The number of nitrogens with zero attached hydrogens (tertiary/aromatic N) is 2. The second kappa shape index (κ2) is 6.38. The average molecular weight is 311 g/mol. The van der Waals surface area contributed by atoms with Gasteiger partial charge in [-0.15, -0.1) is 0 Å². The molecule has 1 aliphatic rings. The van der Waals surface area contributed by atoms with Gasteiger partial charge in [-0.2, -0.15) is 0 Å². The lowest BCUT2D eigenvalue weighted by Gasteiger charge is -2.39. The lowest BCUT2D eigenvalue weighted by molar-refractivity contribution is 0.0544. The van der Waals surface area contributed by atoms with Gasteiger partial charge in [0.05, 0.1) is 6.04 Å². The Morgan fingerprint density at radius 1 is 1.13 bits per heavy atom. The van der Waals surface area contributed by atoms with Gasteiger partial charge < -0.3 is 9.88 Å².